The summed E-state index contributed by atoms with van der Waals surface area (Å²) in [6, 6.07) is 6.65. The minimum Gasteiger partial charge on any atom is -0.444 e. The molecule has 1 spiro atoms. The number of amides is 1. The summed E-state index contributed by atoms with van der Waals surface area (Å²) in [5.74, 6) is 0. The Labute approximate surface area is 180 Å². The predicted molar refractivity (Wildman–Crippen MR) is 113 cm³/mol. The smallest absolute Gasteiger partial charge is 0.410 e. The molecule has 0 saturated carbocycles. The van der Waals surface area contributed by atoms with Crippen LogP contribution in [0.3, 0.4) is 0 Å². The number of pyridine rings is 1. The molecule has 0 unspecified atom stereocenters. The Kier molecular flexibility index (Phi) is 5.30. The fraction of sp³-hybridized carbons (Fsp3) is 0.565. The van der Waals surface area contributed by atoms with E-state index < -0.39 is 18.2 Å². The highest BCUT2D eigenvalue weighted by atomic mass is 19.4. The van der Waals surface area contributed by atoms with Gasteiger partial charge in [0.2, 0.25) is 0 Å². The van der Waals surface area contributed by atoms with Crippen LogP contribution in [0.15, 0.2) is 30.5 Å². The summed E-state index contributed by atoms with van der Waals surface area (Å²) >= 11 is 0. The highest BCUT2D eigenvalue weighted by Crippen LogP contribution is 2.42. The maximum Gasteiger partial charge on any atom is 0.410 e. The van der Waals surface area contributed by atoms with Gasteiger partial charge < -0.3 is 14.5 Å². The fourth-order valence-electron chi connectivity index (χ4n) is 4.55. The number of aromatic nitrogens is 1. The van der Waals surface area contributed by atoms with Crippen LogP contribution < -0.4 is 4.90 Å². The van der Waals surface area contributed by atoms with Crippen LogP contribution in [-0.4, -0.2) is 53.9 Å². The summed E-state index contributed by atoms with van der Waals surface area (Å²) in [4.78, 5) is 20.5. The van der Waals surface area contributed by atoms with Crippen LogP contribution in [0.2, 0.25) is 0 Å². The van der Waals surface area contributed by atoms with Gasteiger partial charge in [-0.3, -0.25) is 4.98 Å². The van der Waals surface area contributed by atoms with Crippen LogP contribution in [0.4, 0.5) is 23.7 Å². The number of alkyl halides is 3. The summed E-state index contributed by atoms with van der Waals surface area (Å²) in [5, 5.41) is 0.754. The van der Waals surface area contributed by atoms with Gasteiger partial charge in [-0.25, -0.2) is 4.79 Å². The van der Waals surface area contributed by atoms with Crippen molar-refractivity contribution in [2.24, 2.45) is 5.41 Å². The molecule has 5 nitrogen and oxygen atoms in total. The lowest BCUT2D eigenvalue weighted by Gasteiger charge is -2.54. The maximum atomic E-state index is 12.8. The molecule has 1 aromatic heterocycles. The fourth-order valence-corrected chi connectivity index (χ4v) is 4.55. The first-order chi connectivity index (χ1) is 14.4. The molecule has 0 aliphatic carbocycles. The van der Waals surface area contributed by atoms with Crippen LogP contribution in [-0.2, 0) is 11.2 Å². The average molecular weight is 435 g/mol. The van der Waals surface area contributed by atoms with E-state index in [1.807, 2.05) is 26.8 Å². The summed E-state index contributed by atoms with van der Waals surface area (Å²) in [6.45, 7) is 8.56. The van der Waals surface area contributed by atoms with Gasteiger partial charge in [0.25, 0.3) is 0 Å². The molecule has 2 aliphatic heterocycles. The van der Waals surface area contributed by atoms with Crippen LogP contribution in [0, 0.1) is 5.41 Å². The standard InChI is InChI=1S/C23H28F3N3O2/c1-21(2,3)31-20(30)29-14-22(15-29)7-10-28(11-8-22)19-6-9-27-18-5-4-16(12-17(18)19)13-23(24,25)26/h4-6,9,12H,7-8,10-11,13-15H2,1-3H3. The number of hydrogen-bond acceptors (Lipinski definition) is 4. The number of halogens is 3. The molecular formula is C23H28F3N3O2. The van der Waals surface area contributed by atoms with Gasteiger partial charge in [-0.1, -0.05) is 6.07 Å². The van der Waals surface area contributed by atoms with E-state index in [0.717, 1.165) is 37.0 Å². The highest BCUT2D eigenvalue weighted by Gasteiger charge is 2.47. The maximum absolute atomic E-state index is 12.8. The second-order valence-electron chi connectivity index (χ2n) is 9.80. The lowest BCUT2D eigenvalue weighted by Crippen LogP contribution is -2.62. The topological polar surface area (TPSA) is 45.7 Å². The predicted octanol–water partition coefficient (Wildman–Crippen LogP) is 5.18. The number of rotatable bonds is 2. The van der Waals surface area contributed by atoms with Gasteiger partial charge in [-0.15, -0.1) is 0 Å². The van der Waals surface area contributed by atoms with E-state index >= 15 is 0 Å². The number of fused-ring (bicyclic) bond motifs is 1. The lowest BCUT2D eigenvalue weighted by atomic mass is 9.72. The van der Waals surface area contributed by atoms with Gasteiger partial charge in [0, 0.05) is 48.9 Å². The Morgan fingerprint density at radius 3 is 2.42 bits per heavy atom. The number of hydrogen-bond donors (Lipinski definition) is 0. The monoisotopic (exact) mass is 435 g/mol. The summed E-state index contributed by atoms with van der Waals surface area (Å²) in [6.07, 6.45) is -1.88. The molecule has 31 heavy (non-hydrogen) atoms. The van der Waals surface area contributed by atoms with E-state index in [0.29, 0.717) is 18.6 Å². The normalized spacial score (nSPS) is 18.9. The van der Waals surface area contributed by atoms with Crippen molar-refractivity contribution < 1.29 is 22.7 Å². The highest BCUT2D eigenvalue weighted by molar-refractivity contribution is 5.92. The summed E-state index contributed by atoms with van der Waals surface area (Å²) in [5.41, 5.74) is 1.47. The van der Waals surface area contributed by atoms with Crippen molar-refractivity contribution in [3.8, 4) is 0 Å². The van der Waals surface area contributed by atoms with E-state index in [-0.39, 0.29) is 17.1 Å². The molecule has 0 bridgehead atoms. The van der Waals surface area contributed by atoms with E-state index in [9.17, 15) is 18.0 Å². The molecule has 4 rings (SSSR count). The number of anilines is 1. The lowest BCUT2D eigenvalue weighted by molar-refractivity contribution is -0.127. The van der Waals surface area contributed by atoms with Crippen molar-refractivity contribution in [2.45, 2.75) is 51.8 Å². The SMILES string of the molecule is CC(C)(C)OC(=O)N1CC2(CCN(c3ccnc4ccc(CC(F)(F)F)cc34)CC2)C1. The number of benzene rings is 1. The molecule has 2 saturated heterocycles. The molecule has 0 radical (unpaired) electrons. The quantitative estimate of drug-likeness (QED) is 0.652. The van der Waals surface area contributed by atoms with Crippen LogP contribution in [0.25, 0.3) is 10.9 Å². The second-order valence-corrected chi connectivity index (χ2v) is 9.80. The first-order valence-electron chi connectivity index (χ1n) is 10.6. The van der Waals surface area contributed by atoms with Gasteiger partial charge in [-0.05, 0) is 57.4 Å². The van der Waals surface area contributed by atoms with Crippen molar-refractivity contribution >= 4 is 22.7 Å². The van der Waals surface area contributed by atoms with Crippen LogP contribution in [0.5, 0.6) is 0 Å². The molecule has 2 aliphatic rings. The Morgan fingerprint density at radius 2 is 1.81 bits per heavy atom. The first-order valence-corrected chi connectivity index (χ1v) is 10.6. The van der Waals surface area contributed by atoms with Crippen LogP contribution in [0.1, 0.15) is 39.2 Å². The van der Waals surface area contributed by atoms with Gasteiger partial charge in [-0.2, -0.15) is 13.2 Å². The van der Waals surface area contributed by atoms with E-state index in [1.54, 1.807) is 23.2 Å². The van der Waals surface area contributed by atoms with Gasteiger partial charge >= 0.3 is 12.3 Å². The minimum absolute atomic E-state index is 0.109. The summed E-state index contributed by atoms with van der Waals surface area (Å²) in [7, 11) is 0. The zero-order valence-electron chi connectivity index (χ0n) is 18.1. The van der Waals surface area contributed by atoms with Crippen molar-refractivity contribution in [3.05, 3.63) is 36.0 Å². The van der Waals surface area contributed by atoms with Gasteiger partial charge in [0.15, 0.2) is 0 Å². The zero-order valence-corrected chi connectivity index (χ0v) is 18.1. The Hall–Kier alpha value is -2.51. The van der Waals surface area contributed by atoms with E-state index in [1.165, 1.54) is 6.07 Å². The average Bonchev–Trinajstić information content (AvgIpc) is 2.63. The largest absolute Gasteiger partial charge is 0.444 e. The molecular weight excluding hydrogens is 407 g/mol. The third-order valence-corrected chi connectivity index (χ3v) is 6.06. The molecule has 3 heterocycles. The molecule has 8 heteroatoms. The molecule has 1 aromatic carbocycles. The molecule has 2 aromatic rings. The molecule has 0 atom stereocenters. The minimum atomic E-state index is -4.24. The number of ether oxygens (including phenoxy) is 1. The molecule has 0 N–H and O–H groups in total. The van der Waals surface area contributed by atoms with E-state index in [4.69, 9.17) is 4.74 Å². The number of carbonyl (C=O) groups is 1. The van der Waals surface area contributed by atoms with E-state index in [2.05, 4.69) is 9.88 Å². The number of piperidine rings is 1. The van der Waals surface area contributed by atoms with Crippen LogP contribution >= 0.6 is 0 Å². The molecule has 1 amide bonds. The number of likely N-dealkylation sites (tertiary alicyclic amines) is 1. The number of carbonyl (C=O) groups excluding carboxylic acids is 1. The van der Waals surface area contributed by atoms with Crippen molar-refractivity contribution in [2.75, 3.05) is 31.1 Å². The Bertz CT molecular complexity index is 968. The second kappa shape index (κ2) is 7.57. The molecule has 168 valence electrons. The van der Waals surface area contributed by atoms with Crippen molar-refractivity contribution in [1.82, 2.24) is 9.88 Å². The Balaban J connectivity index is 1.43. The zero-order chi connectivity index (χ0) is 22.4. The van der Waals surface area contributed by atoms with Gasteiger partial charge in [0.1, 0.15) is 5.60 Å². The first kappa shape index (κ1) is 21.7. The van der Waals surface area contributed by atoms with Gasteiger partial charge in [0.05, 0.1) is 11.9 Å². The summed E-state index contributed by atoms with van der Waals surface area (Å²) < 4.78 is 44.0. The third kappa shape index (κ3) is 4.88. The van der Waals surface area contributed by atoms with Crippen molar-refractivity contribution in [1.29, 1.82) is 0 Å². The van der Waals surface area contributed by atoms with Crippen molar-refractivity contribution in [3.63, 3.8) is 0 Å². The number of nitrogens with zero attached hydrogens (tertiary/aromatic N) is 3. The Morgan fingerprint density at radius 1 is 1.13 bits per heavy atom. The third-order valence-electron chi connectivity index (χ3n) is 6.06. The molecule has 2 fully saturated rings.